The number of benzene rings is 1. The van der Waals surface area contributed by atoms with Gasteiger partial charge in [-0.25, -0.2) is 8.78 Å². The summed E-state index contributed by atoms with van der Waals surface area (Å²) < 4.78 is 34.0. The molecule has 2 aliphatic carbocycles. The molecule has 0 radical (unpaired) electrons. The molecule has 1 aromatic carbocycles. The number of carbonyl (C=O) groups excluding carboxylic acids is 1. The van der Waals surface area contributed by atoms with Crippen molar-refractivity contribution in [3.8, 4) is 5.75 Å². The number of likely N-dealkylation sites (tertiary alicyclic amines) is 1. The van der Waals surface area contributed by atoms with Crippen molar-refractivity contribution in [2.75, 3.05) is 20.2 Å². The van der Waals surface area contributed by atoms with Crippen LogP contribution in [0.5, 0.6) is 5.75 Å². The van der Waals surface area contributed by atoms with Crippen LogP contribution in [0.25, 0.3) is 0 Å². The third-order valence-corrected chi connectivity index (χ3v) is 7.11. The molecular weight excluding hydrogens is 336 g/mol. The van der Waals surface area contributed by atoms with E-state index in [2.05, 4.69) is 13.0 Å². The van der Waals surface area contributed by atoms with Gasteiger partial charge in [-0.05, 0) is 37.0 Å². The Bertz CT molecular complexity index is 722. The molecule has 142 valence electrons. The number of halogens is 2. The summed E-state index contributed by atoms with van der Waals surface area (Å²) in [5, 5.41) is 0. The number of nitrogens with zero attached hydrogens (tertiary/aromatic N) is 1. The van der Waals surface area contributed by atoms with Crippen LogP contribution in [-0.4, -0.2) is 36.9 Å². The molecule has 3 atom stereocenters. The highest BCUT2D eigenvalue weighted by Gasteiger charge is 2.80. The number of carbonyl (C=O) groups is 1. The number of methoxy groups -OCH3 is 1. The van der Waals surface area contributed by atoms with Crippen LogP contribution >= 0.6 is 0 Å². The molecule has 0 bridgehead atoms. The quantitative estimate of drug-likeness (QED) is 0.793. The first-order valence-corrected chi connectivity index (χ1v) is 9.63. The summed E-state index contributed by atoms with van der Waals surface area (Å²) >= 11 is 0. The molecule has 1 saturated heterocycles. The average Bonchev–Trinajstić information content (AvgIpc) is 2.93. The lowest BCUT2D eigenvalue weighted by Crippen LogP contribution is -2.35. The third-order valence-electron chi connectivity index (χ3n) is 7.11. The number of amides is 1. The van der Waals surface area contributed by atoms with Gasteiger partial charge < -0.3 is 9.64 Å². The molecule has 0 N–H and O–H groups in total. The van der Waals surface area contributed by atoms with Gasteiger partial charge in [0.1, 0.15) is 5.75 Å². The first-order valence-electron chi connectivity index (χ1n) is 9.63. The maximum absolute atomic E-state index is 14.3. The number of hydrogen-bond acceptors (Lipinski definition) is 2. The van der Waals surface area contributed by atoms with Gasteiger partial charge in [-0.1, -0.05) is 31.9 Å². The van der Waals surface area contributed by atoms with Gasteiger partial charge in [0.25, 0.3) is 5.92 Å². The minimum absolute atomic E-state index is 0.0128. The van der Waals surface area contributed by atoms with E-state index in [4.69, 9.17) is 4.74 Å². The minimum atomic E-state index is -2.64. The van der Waals surface area contributed by atoms with E-state index in [1.54, 1.807) is 12.0 Å². The molecule has 1 amide bonds. The lowest BCUT2D eigenvalue weighted by Gasteiger charge is -2.27. The van der Waals surface area contributed by atoms with Crippen LogP contribution in [0.2, 0.25) is 0 Å². The second kappa shape index (κ2) is 5.93. The van der Waals surface area contributed by atoms with Crippen molar-refractivity contribution in [3.05, 3.63) is 29.8 Å². The standard InChI is InChI=1S/C21H27F2NO2/c1-19(15-6-5-7-16(12-15)26-2)10-11-24(14-19)18(25)13-20-9-4-3-8-17(20)21(20,22)23/h5-7,12,17H,3-4,8-11,13-14H2,1-2H3. The Labute approximate surface area is 153 Å². The van der Waals surface area contributed by atoms with Crippen LogP contribution in [0.3, 0.4) is 0 Å². The van der Waals surface area contributed by atoms with E-state index in [9.17, 15) is 13.6 Å². The van der Waals surface area contributed by atoms with Crippen LogP contribution in [-0.2, 0) is 10.2 Å². The molecule has 3 unspecified atom stereocenters. The SMILES string of the molecule is COc1cccc(C2(C)CCN(C(=O)CC34CCCCC3C4(F)F)C2)c1. The van der Waals surface area contributed by atoms with Crippen molar-refractivity contribution in [3.63, 3.8) is 0 Å². The molecule has 4 rings (SSSR count). The highest BCUT2D eigenvalue weighted by atomic mass is 19.3. The highest BCUT2D eigenvalue weighted by molar-refractivity contribution is 5.78. The first kappa shape index (κ1) is 17.7. The number of fused-ring (bicyclic) bond motifs is 1. The van der Waals surface area contributed by atoms with Gasteiger partial charge in [0, 0.05) is 30.8 Å². The number of ether oxygens (including phenoxy) is 1. The Hall–Kier alpha value is -1.65. The van der Waals surface area contributed by atoms with Gasteiger partial charge in [0.15, 0.2) is 0 Å². The fourth-order valence-corrected chi connectivity index (χ4v) is 5.30. The maximum atomic E-state index is 14.3. The molecule has 26 heavy (non-hydrogen) atoms. The molecule has 2 saturated carbocycles. The van der Waals surface area contributed by atoms with E-state index in [0.717, 1.165) is 30.6 Å². The summed E-state index contributed by atoms with van der Waals surface area (Å²) in [6.45, 7) is 3.37. The van der Waals surface area contributed by atoms with Crippen LogP contribution in [0.4, 0.5) is 8.78 Å². The molecule has 0 aromatic heterocycles. The van der Waals surface area contributed by atoms with Gasteiger partial charge in [-0.3, -0.25) is 4.79 Å². The fraction of sp³-hybridized carbons (Fsp3) is 0.667. The summed E-state index contributed by atoms with van der Waals surface area (Å²) in [5.74, 6) is -2.51. The maximum Gasteiger partial charge on any atom is 0.258 e. The molecule has 5 heteroatoms. The Morgan fingerprint density at radius 1 is 1.31 bits per heavy atom. The van der Waals surface area contributed by atoms with Crippen molar-refractivity contribution in [1.82, 2.24) is 4.90 Å². The number of alkyl halides is 2. The van der Waals surface area contributed by atoms with Crippen molar-refractivity contribution >= 4 is 5.91 Å². The van der Waals surface area contributed by atoms with Crippen LogP contribution in [0.15, 0.2) is 24.3 Å². The summed E-state index contributed by atoms with van der Waals surface area (Å²) in [7, 11) is 1.64. The van der Waals surface area contributed by atoms with Crippen molar-refractivity contribution in [1.29, 1.82) is 0 Å². The zero-order chi connectivity index (χ0) is 18.6. The minimum Gasteiger partial charge on any atom is -0.497 e. The molecule has 0 spiro atoms. The van der Waals surface area contributed by atoms with Gasteiger partial charge in [-0.15, -0.1) is 0 Å². The summed E-state index contributed by atoms with van der Waals surface area (Å²) in [6, 6.07) is 7.93. The number of hydrogen-bond donors (Lipinski definition) is 0. The molecule has 1 aliphatic heterocycles. The summed E-state index contributed by atoms with van der Waals surface area (Å²) in [5.41, 5.74) is -0.0606. The Morgan fingerprint density at radius 3 is 2.85 bits per heavy atom. The first-order chi connectivity index (χ1) is 12.3. The topological polar surface area (TPSA) is 29.5 Å². The van der Waals surface area contributed by atoms with Crippen molar-refractivity contribution < 1.29 is 18.3 Å². The summed E-state index contributed by atoms with van der Waals surface area (Å²) in [4.78, 5) is 14.6. The second-order valence-electron chi connectivity index (χ2n) is 8.61. The highest BCUT2D eigenvalue weighted by Crippen LogP contribution is 2.74. The van der Waals surface area contributed by atoms with Crippen molar-refractivity contribution in [2.24, 2.45) is 11.3 Å². The Morgan fingerprint density at radius 2 is 2.12 bits per heavy atom. The predicted octanol–water partition coefficient (Wildman–Crippen LogP) is 4.40. The lowest BCUT2D eigenvalue weighted by atomic mass is 9.81. The monoisotopic (exact) mass is 363 g/mol. The van der Waals surface area contributed by atoms with E-state index in [0.29, 0.717) is 25.9 Å². The smallest absolute Gasteiger partial charge is 0.258 e. The molecule has 1 aromatic rings. The van der Waals surface area contributed by atoms with Crippen LogP contribution in [0, 0.1) is 11.3 Å². The molecule has 1 heterocycles. The second-order valence-corrected chi connectivity index (χ2v) is 8.61. The van der Waals surface area contributed by atoms with Gasteiger partial charge in [-0.2, -0.15) is 0 Å². The average molecular weight is 363 g/mol. The van der Waals surface area contributed by atoms with Gasteiger partial charge >= 0.3 is 0 Å². The van der Waals surface area contributed by atoms with E-state index in [-0.39, 0.29) is 17.7 Å². The van der Waals surface area contributed by atoms with Crippen molar-refractivity contribution in [2.45, 2.75) is 56.8 Å². The van der Waals surface area contributed by atoms with E-state index in [1.807, 2.05) is 18.2 Å². The predicted molar refractivity (Wildman–Crippen MR) is 95.5 cm³/mol. The molecule has 3 nitrogen and oxygen atoms in total. The molecule has 3 fully saturated rings. The largest absolute Gasteiger partial charge is 0.497 e. The van der Waals surface area contributed by atoms with Crippen LogP contribution < -0.4 is 4.74 Å². The van der Waals surface area contributed by atoms with E-state index in [1.165, 1.54) is 0 Å². The third kappa shape index (κ3) is 2.54. The zero-order valence-corrected chi connectivity index (χ0v) is 15.6. The Kier molecular flexibility index (Phi) is 4.05. The fourth-order valence-electron chi connectivity index (χ4n) is 5.30. The van der Waals surface area contributed by atoms with Gasteiger partial charge in [0.2, 0.25) is 5.91 Å². The molecular formula is C21H27F2NO2. The lowest BCUT2D eigenvalue weighted by molar-refractivity contribution is -0.133. The normalized spacial score (nSPS) is 35.1. The molecule has 3 aliphatic rings. The van der Waals surface area contributed by atoms with Crippen LogP contribution in [0.1, 0.15) is 51.0 Å². The summed E-state index contributed by atoms with van der Waals surface area (Å²) in [6.07, 6.45) is 3.62. The van der Waals surface area contributed by atoms with E-state index < -0.39 is 17.3 Å². The zero-order valence-electron chi connectivity index (χ0n) is 15.6. The van der Waals surface area contributed by atoms with Gasteiger partial charge in [0.05, 0.1) is 12.5 Å². The van der Waals surface area contributed by atoms with E-state index >= 15 is 0 Å². The number of rotatable bonds is 4. The Balaban J connectivity index is 1.46.